The molecule has 0 atom stereocenters. The molecule has 5 nitrogen and oxygen atoms in total. The molecule has 17 heavy (non-hydrogen) atoms. The van der Waals surface area contributed by atoms with Crippen molar-refractivity contribution in [3.63, 3.8) is 0 Å². The number of rotatable bonds is 3. The van der Waals surface area contributed by atoms with Gasteiger partial charge in [0.25, 0.3) is 0 Å². The fraction of sp³-hybridized carbons (Fsp3) is 0. The smallest absolute Gasteiger partial charge is 0.324 e. The fourth-order valence-electron chi connectivity index (χ4n) is 1.19. The van der Waals surface area contributed by atoms with E-state index in [1.807, 2.05) is 0 Å². The Bertz CT molecular complexity index is 560. The van der Waals surface area contributed by atoms with Gasteiger partial charge in [0.15, 0.2) is 0 Å². The molecule has 0 aliphatic carbocycles. The number of hydrogen-bond acceptors (Lipinski definition) is 5. The lowest BCUT2D eigenvalue weighted by Gasteiger charge is -1.92. The molecule has 0 aliphatic rings. The third-order valence-electron chi connectivity index (χ3n) is 1.98. The maximum Gasteiger partial charge on any atom is 0.324 e. The molecule has 1 heterocycles. The number of phenols is 1. The van der Waals surface area contributed by atoms with Crippen LogP contribution in [0, 0.1) is 10.1 Å². The molecule has 1 N–H and O–H groups in total. The average molecular weight is 248 g/mol. The van der Waals surface area contributed by atoms with Crippen LogP contribution in [0.15, 0.2) is 41.4 Å². The Hall–Kier alpha value is -2.21. The summed E-state index contributed by atoms with van der Waals surface area (Å²) < 4.78 is 0. The zero-order chi connectivity index (χ0) is 12.3. The molecule has 0 fully saturated rings. The Morgan fingerprint density at radius 2 is 1.94 bits per heavy atom. The lowest BCUT2D eigenvalue weighted by molar-refractivity contribution is -0.380. The molecular formula is C11H8N2O3S. The summed E-state index contributed by atoms with van der Waals surface area (Å²) in [7, 11) is 0. The van der Waals surface area contributed by atoms with Crippen LogP contribution in [0.2, 0.25) is 0 Å². The molecule has 0 unspecified atom stereocenters. The van der Waals surface area contributed by atoms with Gasteiger partial charge in [0.1, 0.15) is 5.75 Å². The largest absolute Gasteiger partial charge is 0.508 e. The van der Waals surface area contributed by atoms with Crippen molar-refractivity contribution in [2.24, 2.45) is 4.99 Å². The summed E-state index contributed by atoms with van der Waals surface area (Å²) in [6.45, 7) is 0. The van der Waals surface area contributed by atoms with Crippen LogP contribution in [-0.2, 0) is 0 Å². The number of hydrogen-bond donors (Lipinski definition) is 1. The van der Waals surface area contributed by atoms with Crippen molar-refractivity contribution in [3.05, 3.63) is 51.4 Å². The van der Waals surface area contributed by atoms with Crippen LogP contribution in [0.1, 0.15) is 4.88 Å². The van der Waals surface area contributed by atoms with Gasteiger partial charge in [-0.3, -0.25) is 15.1 Å². The van der Waals surface area contributed by atoms with E-state index in [-0.39, 0.29) is 10.8 Å². The highest BCUT2D eigenvalue weighted by molar-refractivity contribution is 7.16. The lowest BCUT2D eigenvalue weighted by atomic mass is 10.3. The summed E-state index contributed by atoms with van der Waals surface area (Å²) in [6.07, 6.45) is 1.56. The minimum atomic E-state index is -0.428. The van der Waals surface area contributed by atoms with Crippen LogP contribution in [0.25, 0.3) is 0 Å². The zero-order valence-electron chi connectivity index (χ0n) is 8.61. The molecule has 2 rings (SSSR count). The summed E-state index contributed by atoms with van der Waals surface area (Å²) in [5.74, 6) is 0.177. The predicted molar refractivity (Wildman–Crippen MR) is 66.3 cm³/mol. The van der Waals surface area contributed by atoms with Gasteiger partial charge in [-0.15, -0.1) is 0 Å². The molecule has 0 amide bonds. The Morgan fingerprint density at radius 1 is 1.24 bits per heavy atom. The van der Waals surface area contributed by atoms with Gasteiger partial charge in [-0.1, -0.05) is 11.3 Å². The first-order valence-electron chi connectivity index (χ1n) is 4.72. The number of nitrogens with zero attached hydrogens (tertiary/aromatic N) is 2. The van der Waals surface area contributed by atoms with Gasteiger partial charge in [0.05, 0.1) is 15.5 Å². The minimum absolute atomic E-state index is 0.0946. The molecule has 0 saturated heterocycles. The van der Waals surface area contributed by atoms with E-state index in [2.05, 4.69) is 4.99 Å². The maximum atomic E-state index is 10.5. The van der Waals surface area contributed by atoms with Crippen LogP contribution in [0.4, 0.5) is 10.7 Å². The van der Waals surface area contributed by atoms with Gasteiger partial charge in [0, 0.05) is 12.3 Å². The monoisotopic (exact) mass is 248 g/mol. The summed E-state index contributed by atoms with van der Waals surface area (Å²) in [4.78, 5) is 14.9. The molecule has 0 spiro atoms. The number of phenolic OH excluding ortho intramolecular Hbond substituents is 1. The maximum absolute atomic E-state index is 10.5. The lowest BCUT2D eigenvalue weighted by Crippen LogP contribution is -1.80. The molecule has 86 valence electrons. The summed E-state index contributed by atoms with van der Waals surface area (Å²) in [6, 6.07) is 9.48. The van der Waals surface area contributed by atoms with Gasteiger partial charge in [-0.25, -0.2) is 0 Å². The summed E-state index contributed by atoms with van der Waals surface area (Å²) >= 11 is 1.07. The molecule has 0 saturated carbocycles. The highest BCUT2D eigenvalue weighted by atomic mass is 32.1. The molecule has 0 bridgehead atoms. The standard InChI is InChI=1S/C11H8N2O3S/c14-9-3-1-8(2-4-9)12-7-10-5-6-11(17-10)13(15)16/h1-7,14H. The van der Waals surface area contributed by atoms with Crippen LogP contribution in [-0.4, -0.2) is 16.2 Å². The number of aromatic hydroxyl groups is 1. The first-order chi connectivity index (χ1) is 8.15. The zero-order valence-corrected chi connectivity index (χ0v) is 9.42. The molecule has 2 aromatic rings. The predicted octanol–water partition coefficient (Wildman–Crippen LogP) is 3.11. The summed E-state index contributed by atoms with van der Waals surface area (Å²) in [5, 5.41) is 19.6. The van der Waals surface area contributed by atoms with Crippen molar-refractivity contribution in [1.29, 1.82) is 0 Å². The third-order valence-corrected chi connectivity index (χ3v) is 2.95. The van der Waals surface area contributed by atoms with Crippen molar-refractivity contribution >= 4 is 28.2 Å². The van der Waals surface area contributed by atoms with Crippen LogP contribution < -0.4 is 0 Å². The van der Waals surface area contributed by atoms with Crippen molar-refractivity contribution in [2.45, 2.75) is 0 Å². The Balaban J connectivity index is 2.14. The van der Waals surface area contributed by atoms with E-state index in [0.29, 0.717) is 10.6 Å². The van der Waals surface area contributed by atoms with Crippen molar-refractivity contribution < 1.29 is 10.0 Å². The Morgan fingerprint density at radius 3 is 2.53 bits per heavy atom. The molecule has 6 heteroatoms. The van der Waals surface area contributed by atoms with Crippen molar-refractivity contribution in [2.75, 3.05) is 0 Å². The van der Waals surface area contributed by atoms with Crippen LogP contribution in [0.5, 0.6) is 5.75 Å². The minimum Gasteiger partial charge on any atom is -0.508 e. The van der Waals surface area contributed by atoms with E-state index in [0.717, 1.165) is 11.3 Å². The molecule has 0 radical (unpaired) electrons. The van der Waals surface area contributed by atoms with E-state index in [1.54, 1.807) is 24.4 Å². The summed E-state index contributed by atoms with van der Waals surface area (Å²) in [5.41, 5.74) is 0.679. The second-order valence-electron chi connectivity index (χ2n) is 3.21. The second kappa shape index (κ2) is 4.75. The SMILES string of the molecule is O=[N+]([O-])c1ccc(C=Nc2ccc(O)cc2)s1. The van der Waals surface area contributed by atoms with Crippen molar-refractivity contribution in [3.8, 4) is 5.75 Å². The highest BCUT2D eigenvalue weighted by Crippen LogP contribution is 2.23. The van der Waals surface area contributed by atoms with Crippen molar-refractivity contribution in [1.82, 2.24) is 0 Å². The number of aliphatic imine (C=N–C) groups is 1. The Kier molecular flexibility index (Phi) is 3.15. The topological polar surface area (TPSA) is 75.7 Å². The molecule has 1 aromatic heterocycles. The Labute approximate surface area is 101 Å². The highest BCUT2D eigenvalue weighted by Gasteiger charge is 2.07. The molecule has 0 aliphatic heterocycles. The van der Waals surface area contributed by atoms with E-state index in [1.165, 1.54) is 18.2 Å². The third kappa shape index (κ3) is 2.88. The molecular weight excluding hydrogens is 240 g/mol. The molecule has 1 aromatic carbocycles. The first-order valence-corrected chi connectivity index (χ1v) is 5.54. The number of thiophene rings is 1. The number of nitro groups is 1. The average Bonchev–Trinajstić information content (AvgIpc) is 2.77. The van der Waals surface area contributed by atoms with E-state index >= 15 is 0 Å². The number of benzene rings is 1. The van der Waals surface area contributed by atoms with E-state index in [4.69, 9.17) is 5.11 Å². The van der Waals surface area contributed by atoms with E-state index < -0.39 is 4.92 Å². The quantitative estimate of drug-likeness (QED) is 0.515. The van der Waals surface area contributed by atoms with Gasteiger partial charge in [-0.05, 0) is 30.3 Å². The van der Waals surface area contributed by atoms with E-state index in [9.17, 15) is 10.1 Å². The van der Waals surface area contributed by atoms with Gasteiger partial charge >= 0.3 is 5.00 Å². The van der Waals surface area contributed by atoms with Crippen LogP contribution in [0.3, 0.4) is 0 Å². The van der Waals surface area contributed by atoms with Gasteiger partial charge in [0.2, 0.25) is 0 Å². The fourth-order valence-corrected chi connectivity index (χ4v) is 1.88. The first kappa shape index (κ1) is 11.3. The van der Waals surface area contributed by atoms with Gasteiger partial charge < -0.3 is 5.11 Å². The normalized spacial score (nSPS) is 10.8. The van der Waals surface area contributed by atoms with Crippen LogP contribution >= 0.6 is 11.3 Å². The second-order valence-corrected chi connectivity index (χ2v) is 4.30. The van der Waals surface area contributed by atoms with Gasteiger partial charge in [-0.2, -0.15) is 0 Å².